The molecule has 22 nitrogen and oxygen atoms in total. The first-order chi connectivity index (χ1) is 42.6. The van der Waals surface area contributed by atoms with Crippen LogP contribution < -0.4 is 37.6 Å². The van der Waals surface area contributed by atoms with Gasteiger partial charge in [0.2, 0.25) is 41.4 Å². The number of carbonyl (C=O) groups excluding carboxylic acids is 12. The summed E-state index contributed by atoms with van der Waals surface area (Å²) in [5, 5.41) is 41.1. The predicted octanol–water partition coefficient (Wildman–Crippen LogP) is 5.80. The van der Waals surface area contributed by atoms with E-state index in [0.717, 1.165) is 28.5 Å². The Labute approximate surface area is 535 Å². The van der Waals surface area contributed by atoms with Crippen molar-refractivity contribution in [3.63, 3.8) is 0 Å². The van der Waals surface area contributed by atoms with Crippen molar-refractivity contribution in [2.24, 2.45) is 59.0 Å². The summed E-state index contributed by atoms with van der Waals surface area (Å²) in [6, 6.07) is 1.45. The molecule has 2 aromatic rings. The zero-order valence-corrected chi connectivity index (χ0v) is 55.7. The predicted molar refractivity (Wildman–Crippen MR) is 342 cm³/mol. The van der Waals surface area contributed by atoms with Gasteiger partial charge in [-0.3, -0.25) is 52.7 Å². The summed E-state index contributed by atoms with van der Waals surface area (Å²) in [6.45, 7) is 17.3. The molecule has 1 spiro atoms. The van der Waals surface area contributed by atoms with E-state index < -0.39 is 193 Å². The topological polar surface area (TPSA) is 353 Å². The smallest absolute Gasteiger partial charge is 0.329 e. The Balaban J connectivity index is 1.52. The molecule has 1 aliphatic carbocycles. The number of hydrogen-bond donors (Lipinski definition) is 9. The molecule has 1 aromatic heterocycles. The molecule has 0 radical (unpaired) electrons. The fraction of sp³-hybridized carbons (Fsp3) is 0.701. The largest absolute Gasteiger partial charge is 0.458 e. The lowest BCUT2D eigenvalue weighted by Crippen LogP contribution is -2.62. The first kappa shape index (κ1) is 76.0. The molecule has 2 fully saturated rings. The standard InChI is InChI=1S/C67H103N7O15S/c1-12-37(6)48(33-50(77)49(25-26-55(68)81)69-62(84)44(34-75)31-52(79)56(38(7)13-2)70-61(83)43(16-5)30-46-36-90-54-24-20-19-23-47(46)54)64(86)71-57(39(8)14-3)53(80)32-45(35-76)63(85)72-59-42(11)89-65(87)58(40(9)15-4)73-66(88)67(27-21-17-18-22-28-67)74-60(82)41(10)29-51(59)78/h19-20,23-24,36-45,48-49,56-59,75-76H,12-18,21-22,25-35H2,1-11H3,(H2,68,81)(H,69,84)(H,70,83)(H,71,86)(H,72,85)(H,73,88)(H,74,82)/t37-,38-,39-,40-,41+,42-,43+,44-,45-,48+,49+,56-,57-,58-,59+/m0/s1. The van der Waals surface area contributed by atoms with Gasteiger partial charge in [0.05, 0.1) is 43.2 Å². The van der Waals surface area contributed by atoms with Crippen LogP contribution in [-0.4, -0.2) is 136 Å². The van der Waals surface area contributed by atoms with Crippen molar-refractivity contribution in [2.75, 3.05) is 13.2 Å². The third kappa shape index (κ3) is 21.0. The molecule has 2 heterocycles. The van der Waals surface area contributed by atoms with Gasteiger partial charge in [0.15, 0.2) is 23.1 Å². The average molecular weight is 1280 g/mol. The summed E-state index contributed by atoms with van der Waals surface area (Å²) in [6.07, 6.45) is 2.14. The highest BCUT2D eigenvalue weighted by Gasteiger charge is 2.46. The molecule has 90 heavy (non-hydrogen) atoms. The van der Waals surface area contributed by atoms with Crippen LogP contribution in [0.2, 0.25) is 0 Å². The molecular weight excluding hydrogens is 1170 g/mol. The maximum absolute atomic E-state index is 14.6. The fourth-order valence-electron chi connectivity index (χ4n) is 11.9. The number of rotatable bonds is 33. The second-order valence-electron chi connectivity index (χ2n) is 25.7. The lowest BCUT2D eigenvalue weighted by Gasteiger charge is -2.35. The Bertz CT molecular complexity index is 2820. The number of cyclic esters (lactones) is 1. The van der Waals surface area contributed by atoms with E-state index in [0.29, 0.717) is 64.2 Å². The molecule has 23 heteroatoms. The van der Waals surface area contributed by atoms with Crippen LogP contribution in [0.15, 0.2) is 29.6 Å². The summed E-state index contributed by atoms with van der Waals surface area (Å²) in [7, 11) is 0. The maximum Gasteiger partial charge on any atom is 0.329 e. The summed E-state index contributed by atoms with van der Waals surface area (Å²) in [5.41, 5.74) is 5.20. The zero-order chi connectivity index (χ0) is 67.2. The quantitative estimate of drug-likeness (QED) is 0.0381. The molecule has 15 atom stereocenters. The molecule has 7 amide bonds. The second kappa shape index (κ2) is 36.5. The minimum Gasteiger partial charge on any atom is -0.458 e. The Morgan fingerprint density at radius 3 is 1.79 bits per heavy atom. The van der Waals surface area contributed by atoms with Crippen LogP contribution in [0.3, 0.4) is 0 Å². The number of aliphatic hydroxyl groups excluding tert-OH is 2. The number of esters is 1. The Morgan fingerprint density at radius 2 is 1.24 bits per heavy atom. The highest BCUT2D eigenvalue weighted by molar-refractivity contribution is 7.17. The molecule has 1 aliphatic heterocycles. The summed E-state index contributed by atoms with van der Waals surface area (Å²) in [4.78, 5) is 168. The molecule has 1 saturated carbocycles. The minimum absolute atomic E-state index is 0.289. The van der Waals surface area contributed by atoms with E-state index in [9.17, 15) is 67.7 Å². The van der Waals surface area contributed by atoms with E-state index in [1.54, 1.807) is 52.9 Å². The van der Waals surface area contributed by atoms with E-state index in [-0.39, 0.29) is 24.7 Å². The first-order valence-corrected chi connectivity index (χ1v) is 33.6. The van der Waals surface area contributed by atoms with Crippen molar-refractivity contribution in [2.45, 2.75) is 234 Å². The number of aliphatic hydroxyl groups is 2. The van der Waals surface area contributed by atoms with Crippen molar-refractivity contribution >= 4 is 91.9 Å². The highest BCUT2D eigenvalue weighted by Crippen LogP contribution is 2.32. The Hall–Kier alpha value is -6.46. The molecule has 10 N–H and O–H groups in total. The van der Waals surface area contributed by atoms with Gasteiger partial charge in [-0.2, -0.15) is 0 Å². The lowest BCUT2D eigenvalue weighted by atomic mass is 9.83. The highest BCUT2D eigenvalue weighted by atomic mass is 32.1. The van der Waals surface area contributed by atoms with Gasteiger partial charge in [-0.1, -0.05) is 139 Å². The number of nitrogens with two attached hydrogens (primary N) is 1. The van der Waals surface area contributed by atoms with Gasteiger partial charge in [0.1, 0.15) is 23.7 Å². The number of primary amides is 1. The number of ketones is 4. The van der Waals surface area contributed by atoms with Gasteiger partial charge in [0, 0.05) is 54.6 Å². The van der Waals surface area contributed by atoms with Crippen LogP contribution in [-0.2, 0) is 68.7 Å². The Morgan fingerprint density at radius 1 is 0.689 bits per heavy atom. The molecule has 0 bridgehead atoms. The molecule has 4 rings (SSSR count). The fourth-order valence-corrected chi connectivity index (χ4v) is 12.9. The van der Waals surface area contributed by atoms with E-state index >= 15 is 0 Å². The van der Waals surface area contributed by atoms with Crippen molar-refractivity contribution in [3.8, 4) is 0 Å². The summed E-state index contributed by atoms with van der Waals surface area (Å²) >= 11 is 1.58. The van der Waals surface area contributed by atoms with Crippen LogP contribution in [0, 0.1) is 53.3 Å². The summed E-state index contributed by atoms with van der Waals surface area (Å²) < 4.78 is 6.96. The van der Waals surface area contributed by atoms with E-state index in [4.69, 9.17) is 10.5 Å². The molecular formula is C67H103N7O15S. The van der Waals surface area contributed by atoms with Crippen LogP contribution >= 0.6 is 11.3 Å². The number of nitrogens with one attached hydrogen (secondary N) is 6. The monoisotopic (exact) mass is 1280 g/mol. The maximum atomic E-state index is 14.6. The van der Waals surface area contributed by atoms with E-state index in [1.165, 1.54) is 13.8 Å². The molecule has 1 aromatic carbocycles. The Kier molecular flexibility index (Phi) is 30.9. The number of thiophene rings is 1. The van der Waals surface area contributed by atoms with Crippen molar-refractivity contribution in [1.29, 1.82) is 0 Å². The first-order valence-electron chi connectivity index (χ1n) is 32.7. The number of Topliss-reactive ketones (excluding diaryl/α,β-unsaturated/α-hetero) is 4. The van der Waals surface area contributed by atoms with Crippen LogP contribution in [0.5, 0.6) is 0 Å². The third-order valence-electron chi connectivity index (χ3n) is 19.0. The minimum atomic E-state index is -1.57. The number of benzene rings is 1. The van der Waals surface area contributed by atoms with Crippen molar-refractivity contribution in [3.05, 3.63) is 35.2 Å². The van der Waals surface area contributed by atoms with Crippen molar-refractivity contribution < 1.29 is 72.5 Å². The van der Waals surface area contributed by atoms with Gasteiger partial charge >= 0.3 is 5.97 Å². The lowest BCUT2D eigenvalue weighted by molar-refractivity contribution is -0.157. The number of ether oxygens (including phenoxy) is 1. The molecule has 0 unspecified atom stereocenters. The van der Waals surface area contributed by atoms with Crippen molar-refractivity contribution in [1.82, 2.24) is 31.9 Å². The zero-order valence-electron chi connectivity index (χ0n) is 54.9. The summed E-state index contributed by atoms with van der Waals surface area (Å²) in [5.74, 6) is -15.5. The molecule has 502 valence electrons. The van der Waals surface area contributed by atoms with Gasteiger partial charge < -0.3 is 52.6 Å². The average Bonchev–Trinajstić information content (AvgIpc) is 1.64. The number of fused-ring (bicyclic) bond motifs is 1. The number of amides is 7. The number of hydrogen-bond acceptors (Lipinski definition) is 16. The van der Waals surface area contributed by atoms with Crippen LogP contribution in [0.1, 0.15) is 191 Å². The normalized spacial score (nSPS) is 22.0. The van der Waals surface area contributed by atoms with Crippen LogP contribution in [0.25, 0.3) is 10.1 Å². The SMILES string of the molecule is CC[C@H](Cc1csc2ccccc12)C(=O)N[C@H](C(=O)C[C@@H](CO)C(=O)N[C@H](CCC(N)=O)C(=O)C[C@@H](C(=O)N[C@H](C(=O)C[C@@H](CO)C(=O)N[C@H]1C(=O)C[C@@H](C)C(=O)NC2(CCCCCC2)C(=O)N[C@@H]([C@@H](C)CC)C(=O)O[C@H]1C)[C@@H](C)CC)[C@@H](C)CC)[C@@H](C)CC. The second-order valence-corrected chi connectivity index (χ2v) is 26.6. The van der Waals surface area contributed by atoms with Gasteiger partial charge in [-0.15, -0.1) is 11.3 Å². The molecule has 2 aliphatic rings. The van der Waals surface area contributed by atoms with Gasteiger partial charge in [0.25, 0.3) is 0 Å². The van der Waals surface area contributed by atoms with E-state index in [1.807, 2.05) is 50.4 Å². The number of carbonyl (C=O) groups is 12. The van der Waals surface area contributed by atoms with Gasteiger partial charge in [-0.25, -0.2) is 4.79 Å². The molecule has 1 saturated heterocycles. The third-order valence-corrected chi connectivity index (χ3v) is 20.0. The van der Waals surface area contributed by atoms with E-state index in [2.05, 4.69) is 31.9 Å². The van der Waals surface area contributed by atoms with Crippen LogP contribution in [0.4, 0.5) is 0 Å². The van der Waals surface area contributed by atoms with Gasteiger partial charge in [-0.05, 0) is 85.1 Å².